The first-order valence-electron chi connectivity index (χ1n) is 9.43. The number of aromatic nitrogens is 4. The van der Waals surface area contributed by atoms with Gasteiger partial charge in [0.05, 0.1) is 16.7 Å². The summed E-state index contributed by atoms with van der Waals surface area (Å²) >= 11 is 0. The highest BCUT2D eigenvalue weighted by molar-refractivity contribution is 5.82. The van der Waals surface area contributed by atoms with E-state index in [-0.39, 0.29) is 23.4 Å². The minimum atomic E-state index is -0.670. The third-order valence-corrected chi connectivity index (χ3v) is 4.99. The maximum absolute atomic E-state index is 12.5. The Bertz CT molecular complexity index is 1240. The fourth-order valence-electron chi connectivity index (χ4n) is 3.67. The minimum Gasteiger partial charge on any atom is -0.290 e. The molecule has 0 saturated carbocycles. The summed E-state index contributed by atoms with van der Waals surface area (Å²) in [5, 5.41) is 0. The van der Waals surface area contributed by atoms with Crippen LogP contribution in [0.25, 0.3) is 28.2 Å². The normalized spacial score (nSPS) is 11.8. The van der Waals surface area contributed by atoms with E-state index in [1.807, 2.05) is 28.8 Å². The highest BCUT2D eigenvalue weighted by Crippen LogP contribution is 2.35. The van der Waals surface area contributed by atoms with E-state index in [2.05, 4.69) is 60.8 Å². The predicted molar refractivity (Wildman–Crippen MR) is 111 cm³/mol. The van der Waals surface area contributed by atoms with Gasteiger partial charge in [-0.1, -0.05) is 58.0 Å². The summed E-state index contributed by atoms with van der Waals surface area (Å²) in [4.78, 5) is 35.4. The Balaban J connectivity index is 2.30. The monoisotopic (exact) mass is 374 g/mol. The minimum absolute atomic E-state index is 0.159. The van der Waals surface area contributed by atoms with Crippen LogP contribution in [0.2, 0.25) is 0 Å². The van der Waals surface area contributed by atoms with E-state index in [1.165, 1.54) is 0 Å². The Kier molecular flexibility index (Phi) is 4.34. The van der Waals surface area contributed by atoms with Crippen LogP contribution in [-0.4, -0.2) is 19.5 Å². The average Bonchev–Trinajstić information content (AvgIpc) is 2.66. The van der Waals surface area contributed by atoms with Crippen LogP contribution >= 0.6 is 0 Å². The van der Waals surface area contributed by atoms with Crippen molar-refractivity contribution in [2.24, 2.45) is 0 Å². The largest absolute Gasteiger partial charge is 0.349 e. The van der Waals surface area contributed by atoms with Crippen LogP contribution in [0.15, 0.2) is 52.1 Å². The smallest absolute Gasteiger partial charge is 0.290 e. The van der Waals surface area contributed by atoms with Gasteiger partial charge in [0.25, 0.3) is 5.56 Å². The molecule has 142 valence electrons. The number of aromatic amines is 1. The SMILES string of the molecule is CC(C)c1cccc(C(C)C)c1-n1c2nc(=O)[nH]c(=O)c-2nc2ccccc21. The first-order valence-corrected chi connectivity index (χ1v) is 9.43. The molecule has 4 rings (SSSR count). The average molecular weight is 374 g/mol. The molecule has 0 saturated heterocycles. The Hall–Kier alpha value is -3.28. The van der Waals surface area contributed by atoms with E-state index < -0.39 is 11.2 Å². The quantitative estimate of drug-likeness (QED) is 0.553. The maximum Gasteiger partial charge on any atom is 0.349 e. The molecule has 0 unspecified atom stereocenters. The molecule has 1 N–H and O–H groups in total. The van der Waals surface area contributed by atoms with Gasteiger partial charge in [0.15, 0.2) is 11.5 Å². The van der Waals surface area contributed by atoms with Gasteiger partial charge in [-0.05, 0) is 35.1 Å². The van der Waals surface area contributed by atoms with Gasteiger partial charge in [-0.25, -0.2) is 9.78 Å². The zero-order valence-corrected chi connectivity index (χ0v) is 16.4. The molecule has 6 nitrogen and oxygen atoms in total. The van der Waals surface area contributed by atoms with Crippen LogP contribution in [0, 0.1) is 0 Å². The van der Waals surface area contributed by atoms with Crippen molar-refractivity contribution in [1.82, 2.24) is 19.5 Å². The summed E-state index contributed by atoms with van der Waals surface area (Å²) in [7, 11) is 0. The zero-order chi connectivity index (χ0) is 20.0. The summed E-state index contributed by atoms with van der Waals surface area (Å²) in [6.07, 6.45) is 0. The summed E-state index contributed by atoms with van der Waals surface area (Å²) in [5.74, 6) is 0.774. The van der Waals surface area contributed by atoms with Crippen LogP contribution in [0.1, 0.15) is 50.7 Å². The van der Waals surface area contributed by atoms with Gasteiger partial charge < -0.3 is 0 Å². The topological polar surface area (TPSA) is 80.6 Å². The van der Waals surface area contributed by atoms with Crippen molar-refractivity contribution < 1.29 is 0 Å². The van der Waals surface area contributed by atoms with E-state index in [1.54, 1.807) is 0 Å². The molecule has 0 radical (unpaired) electrons. The van der Waals surface area contributed by atoms with Crippen LogP contribution in [0.4, 0.5) is 0 Å². The maximum atomic E-state index is 12.5. The molecule has 2 heterocycles. The third-order valence-electron chi connectivity index (χ3n) is 4.99. The van der Waals surface area contributed by atoms with Gasteiger partial charge in [0.1, 0.15) is 0 Å². The van der Waals surface area contributed by atoms with Gasteiger partial charge in [0.2, 0.25) is 0 Å². The van der Waals surface area contributed by atoms with Gasteiger partial charge in [-0.3, -0.25) is 14.3 Å². The van der Waals surface area contributed by atoms with Gasteiger partial charge in [-0.2, -0.15) is 4.98 Å². The van der Waals surface area contributed by atoms with Crippen molar-refractivity contribution in [1.29, 1.82) is 0 Å². The van der Waals surface area contributed by atoms with E-state index in [4.69, 9.17) is 0 Å². The van der Waals surface area contributed by atoms with Crippen LogP contribution < -0.4 is 11.2 Å². The first kappa shape index (κ1) is 18.1. The second kappa shape index (κ2) is 6.71. The first-order chi connectivity index (χ1) is 13.4. The van der Waals surface area contributed by atoms with Crippen molar-refractivity contribution in [2.45, 2.75) is 39.5 Å². The summed E-state index contributed by atoms with van der Waals surface area (Å²) < 4.78 is 1.93. The fraction of sp³-hybridized carbons (Fsp3) is 0.273. The summed E-state index contributed by atoms with van der Waals surface area (Å²) in [6.45, 7) is 8.53. The number of H-pyrrole nitrogens is 1. The molecule has 0 fully saturated rings. The highest BCUT2D eigenvalue weighted by Gasteiger charge is 2.24. The fourth-order valence-corrected chi connectivity index (χ4v) is 3.67. The molecule has 2 aliphatic rings. The van der Waals surface area contributed by atoms with Crippen LogP contribution in [0.5, 0.6) is 0 Å². The molecule has 28 heavy (non-hydrogen) atoms. The number of nitrogens with one attached hydrogen (secondary N) is 1. The number of rotatable bonds is 3. The second-order valence-electron chi connectivity index (χ2n) is 7.57. The van der Waals surface area contributed by atoms with E-state index in [9.17, 15) is 9.59 Å². The van der Waals surface area contributed by atoms with Crippen molar-refractivity contribution in [2.75, 3.05) is 0 Å². The summed E-state index contributed by atoms with van der Waals surface area (Å²) in [5.41, 5.74) is 3.67. The summed E-state index contributed by atoms with van der Waals surface area (Å²) in [6, 6.07) is 13.8. The standard InChI is InChI=1S/C22H22N4O2/c1-12(2)14-8-7-9-15(13(3)4)19(14)26-17-11-6-5-10-16(17)23-18-20(26)24-22(28)25-21(18)27/h5-13H,1-4H3,(H,25,27,28). The zero-order valence-electron chi connectivity index (χ0n) is 16.4. The van der Waals surface area contributed by atoms with Crippen LogP contribution in [0.3, 0.4) is 0 Å². The highest BCUT2D eigenvalue weighted by atomic mass is 16.2. The molecule has 2 aromatic rings. The number of nitrogens with zero attached hydrogens (tertiary/aromatic N) is 3. The lowest BCUT2D eigenvalue weighted by molar-refractivity contribution is 0.803. The molecule has 0 atom stereocenters. The molecule has 0 amide bonds. The number of hydrogen-bond acceptors (Lipinski definition) is 4. The molecule has 2 aromatic carbocycles. The number of para-hydroxylation sites is 3. The van der Waals surface area contributed by atoms with Gasteiger partial charge in [0, 0.05) is 0 Å². The molecular formula is C22H22N4O2. The van der Waals surface area contributed by atoms with Crippen LogP contribution in [-0.2, 0) is 0 Å². The lowest BCUT2D eigenvalue weighted by Crippen LogP contribution is -2.29. The predicted octanol–water partition coefficient (Wildman–Crippen LogP) is 3.82. The van der Waals surface area contributed by atoms with E-state index in [0.717, 1.165) is 22.3 Å². The Morgan fingerprint density at radius 3 is 2.14 bits per heavy atom. The molecule has 0 aromatic heterocycles. The van der Waals surface area contributed by atoms with E-state index in [0.29, 0.717) is 5.52 Å². The number of fused-ring (bicyclic) bond motifs is 2. The molecule has 0 bridgehead atoms. The molecule has 6 heteroatoms. The van der Waals surface area contributed by atoms with Crippen molar-refractivity contribution in [3.63, 3.8) is 0 Å². The van der Waals surface area contributed by atoms with Crippen molar-refractivity contribution in [3.05, 3.63) is 74.4 Å². The van der Waals surface area contributed by atoms with Crippen molar-refractivity contribution in [3.8, 4) is 17.2 Å². The lowest BCUT2D eigenvalue weighted by atomic mass is 9.92. The second-order valence-corrected chi connectivity index (χ2v) is 7.57. The Morgan fingerprint density at radius 1 is 0.857 bits per heavy atom. The van der Waals surface area contributed by atoms with Gasteiger partial charge >= 0.3 is 5.69 Å². The lowest BCUT2D eigenvalue weighted by Gasteiger charge is -2.25. The molecule has 2 aliphatic heterocycles. The molecule has 0 spiro atoms. The molecular weight excluding hydrogens is 352 g/mol. The number of hydrogen-bond donors (Lipinski definition) is 1. The van der Waals surface area contributed by atoms with Crippen molar-refractivity contribution >= 4 is 11.0 Å². The third kappa shape index (κ3) is 2.81. The Morgan fingerprint density at radius 2 is 1.50 bits per heavy atom. The van der Waals surface area contributed by atoms with Gasteiger partial charge in [-0.15, -0.1) is 0 Å². The Labute approximate surface area is 162 Å². The number of benzene rings is 2. The van der Waals surface area contributed by atoms with E-state index >= 15 is 0 Å². The molecule has 0 aliphatic carbocycles.